The number of Topliss-reactive ketones (excluding diaryl/α,β-unsaturated/α-hetero) is 1. The number of carbonyl (C=O) groups excluding carboxylic acids is 2. The van der Waals surface area contributed by atoms with Crippen LogP contribution in [0.4, 0.5) is 0 Å². The third kappa shape index (κ3) is 6.59. The number of thiazole rings is 1. The minimum Gasteiger partial charge on any atom is -0.458 e. The minimum absolute atomic E-state index is 0.0400. The summed E-state index contributed by atoms with van der Waals surface area (Å²) in [5.74, 6) is -1.54. The van der Waals surface area contributed by atoms with Crippen molar-refractivity contribution in [2.75, 3.05) is 0 Å². The Kier molecular flexibility index (Phi) is 8.62. The fourth-order valence-electron chi connectivity index (χ4n) is 5.06. The highest BCUT2D eigenvalue weighted by molar-refractivity contribution is 7.12. The van der Waals surface area contributed by atoms with Crippen molar-refractivity contribution in [2.24, 2.45) is 17.3 Å². The van der Waals surface area contributed by atoms with Crippen LogP contribution in [0, 0.1) is 24.2 Å². The van der Waals surface area contributed by atoms with Gasteiger partial charge in [0.2, 0.25) is 0 Å². The molecule has 0 amide bonds. The molecule has 2 saturated heterocycles. The lowest BCUT2D eigenvalue weighted by atomic mass is 9.73. The number of aliphatic hydroxyl groups excluding tert-OH is 2. The Morgan fingerprint density at radius 1 is 1.23 bits per heavy atom. The molecule has 0 radical (unpaired) electrons. The van der Waals surface area contributed by atoms with Gasteiger partial charge in [0.1, 0.15) is 11.9 Å². The number of hydrogen-bond acceptors (Lipinski definition) is 8. The van der Waals surface area contributed by atoms with E-state index in [1.54, 1.807) is 38.3 Å². The van der Waals surface area contributed by atoms with E-state index in [1.807, 2.05) is 26.8 Å². The van der Waals surface area contributed by atoms with Crippen LogP contribution in [0.25, 0.3) is 6.08 Å². The summed E-state index contributed by atoms with van der Waals surface area (Å²) in [4.78, 5) is 31.4. The van der Waals surface area contributed by atoms with Gasteiger partial charge in [0, 0.05) is 23.4 Å². The van der Waals surface area contributed by atoms with Crippen molar-refractivity contribution in [2.45, 2.75) is 111 Å². The molecule has 7 unspecified atom stereocenters. The monoisotopic (exact) mass is 507 g/mol. The van der Waals surface area contributed by atoms with Gasteiger partial charge in [-0.25, -0.2) is 4.98 Å². The first-order chi connectivity index (χ1) is 16.2. The Bertz CT molecular complexity index is 955. The van der Waals surface area contributed by atoms with Crippen LogP contribution in [0.15, 0.2) is 11.8 Å². The summed E-state index contributed by atoms with van der Waals surface area (Å²) in [6.07, 6.45) is 3.88. The highest BCUT2D eigenvalue weighted by atomic mass is 32.1. The average Bonchev–Trinajstić information content (AvgIpc) is 3.22. The third-order valence-corrected chi connectivity index (χ3v) is 8.78. The van der Waals surface area contributed by atoms with Gasteiger partial charge in [-0.3, -0.25) is 9.59 Å². The number of aromatic nitrogens is 1. The number of hydrogen-bond donors (Lipinski definition) is 2. The second kappa shape index (κ2) is 10.8. The van der Waals surface area contributed by atoms with E-state index in [2.05, 4.69) is 11.9 Å². The Labute approximate surface area is 212 Å². The van der Waals surface area contributed by atoms with Gasteiger partial charge in [0.15, 0.2) is 0 Å². The molecule has 1 aromatic rings. The Morgan fingerprint density at radius 2 is 1.91 bits per heavy atom. The zero-order valence-electron chi connectivity index (χ0n) is 22.0. The van der Waals surface area contributed by atoms with Gasteiger partial charge in [-0.15, -0.1) is 11.3 Å². The van der Waals surface area contributed by atoms with Gasteiger partial charge < -0.3 is 19.7 Å². The van der Waals surface area contributed by atoms with Crippen LogP contribution in [0.1, 0.15) is 83.5 Å². The van der Waals surface area contributed by atoms with E-state index in [9.17, 15) is 19.8 Å². The molecule has 196 valence electrons. The lowest BCUT2D eigenvalue weighted by Gasteiger charge is -2.34. The molecule has 3 rings (SSSR count). The molecule has 1 aromatic heterocycles. The zero-order chi connectivity index (χ0) is 26.1. The first-order valence-corrected chi connectivity index (χ1v) is 13.4. The van der Waals surface area contributed by atoms with E-state index in [1.165, 1.54) is 0 Å². The molecule has 0 aromatic carbocycles. The van der Waals surface area contributed by atoms with E-state index in [4.69, 9.17) is 9.47 Å². The summed E-state index contributed by atoms with van der Waals surface area (Å²) in [5.41, 5.74) is -0.609. The summed E-state index contributed by atoms with van der Waals surface area (Å²) in [6.45, 7) is 12.9. The molecule has 0 saturated carbocycles. The van der Waals surface area contributed by atoms with Crippen molar-refractivity contribution in [3.05, 3.63) is 21.7 Å². The molecule has 7 nitrogen and oxygen atoms in total. The highest BCUT2D eigenvalue weighted by Crippen LogP contribution is 2.45. The van der Waals surface area contributed by atoms with Gasteiger partial charge in [-0.05, 0) is 51.2 Å². The number of rotatable bonds is 2. The first kappa shape index (κ1) is 28.0. The highest BCUT2D eigenvalue weighted by Gasteiger charge is 2.53. The molecule has 3 heterocycles. The summed E-state index contributed by atoms with van der Waals surface area (Å²) < 4.78 is 11.9. The van der Waals surface area contributed by atoms with E-state index in [-0.39, 0.29) is 29.8 Å². The van der Waals surface area contributed by atoms with Crippen molar-refractivity contribution in [3.8, 4) is 0 Å². The van der Waals surface area contributed by atoms with Gasteiger partial charge in [0.05, 0.1) is 40.8 Å². The number of carbonyl (C=O) groups is 2. The maximum absolute atomic E-state index is 13.2. The quantitative estimate of drug-likeness (QED) is 0.449. The van der Waals surface area contributed by atoms with Crippen LogP contribution < -0.4 is 0 Å². The van der Waals surface area contributed by atoms with Gasteiger partial charge in [0.25, 0.3) is 0 Å². The number of aliphatic hydroxyl groups is 2. The van der Waals surface area contributed by atoms with Crippen LogP contribution in [-0.2, 0) is 19.1 Å². The van der Waals surface area contributed by atoms with Crippen molar-refractivity contribution in [1.29, 1.82) is 0 Å². The molecule has 2 aliphatic heterocycles. The predicted molar refractivity (Wildman–Crippen MR) is 136 cm³/mol. The Morgan fingerprint density at radius 3 is 2.54 bits per heavy atom. The van der Waals surface area contributed by atoms with Crippen LogP contribution in [0.3, 0.4) is 0 Å². The van der Waals surface area contributed by atoms with E-state index >= 15 is 0 Å². The fourth-order valence-corrected chi connectivity index (χ4v) is 5.85. The molecule has 0 spiro atoms. The molecule has 2 N–H and O–H groups in total. The molecule has 7 atom stereocenters. The molecular weight excluding hydrogens is 466 g/mol. The zero-order valence-corrected chi connectivity index (χ0v) is 22.9. The number of nitrogens with zero attached hydrogens (tertiary/aromatic N) is 1. The SMILES string of the molecule is C/C(=C\c1cnc(C)s1)C1CC2OC2(C)CCCC(C)C(O)C(C)C(=O)C(C)(C)C(O)CC(=O)O1. The van der Waals surface area contributed by atoms with Gasteiger partial charge in [-0.1, -0.05) is 34.1 Å². The van der Waals surface area contributed by atoms with Crippen molar-refractivity contribution >= 4 is 29.2 Å². The fraction of sp³-hybridized carbons (Fsp3) is 0.741. The number of ketones is 1. The number of esters is 1. The maximum atomic E-state index is 13.2. The van der Waals surface area contributed by atoms with Crippen molar-refractivity contribution < 1.29 is 29.3 Å². The summed E-state index contributed by atoms with van der Waals surface area (Å²) >= 11 is 1.57. The number of epoxide rings is 1. The van der Waals surface area contributed by atoms with E-state index in [0.717, 1.165) is 34.7 Å². The smallest absolute Gasteiger partial charge is 0.309 e. The van der Waals surface area contributed by atoms with Crippen LogP contribution in [0.5, 0.6) is 0 Å². The molecular formula is C27H41NO6S. The first-order valence-electron chi connectivity index (χ1n) is 12.6. The molecule has 0 aliphatic carbocycles. The largest absolute Gasteiger partial charge is 0.458 e. The lowest BCUT2D eigenvalue weighted by molar-refractivity contribution is -0.154. The molecule has 2 aliphatic rings. The predicted octanol–water partition coefficient (Wildman–Crippen LogP) is 4.48. The van der Waals surface area contributed by atoms with Crippen LogP contribution in [0.2, 0.25) is 0 Å². The van der Waals surface area contributed by atoms with Gasteiger partial charge in [-0.2, -0.15) is 0 Å². The number of aryl methyl sites for hydroxylation is 1. The number of ether oxygens (including phenoxy) is 2. The minimum atomic E-state index is -1.23. The molecule has 8 heteroatoms. The maximum Gasteiger partial charge on any atom is 0.309 e. The normalized spacial score (nSPS) is 37.5. The lowest BCUT2D eigenvalue weighted by Crippen LogP contribution is -2.45. The Balaban J connectivity index is 1.85. The van der Waals surface area contributed by atoms with E-state index < -0.39 is 35.6 Å². The summed E-state index contributed by atoms with van der Waals surface area (Å²) in [7, 11) is 0. The molecule has 0 bridgehead atoms. The second-order valence-electron chi connectivity index (χ2n) is 11.3. The van der Waals surface area contributed by atoms with E-state index in [0.29, 0.717) is 6.42 Å². The number of fused-ring (bicyclic) bond motifs is 1. The van der Waals surface area contributed by atoms with Crippen LogP contribution in [-0.4, -0.2) is 57.0 Å². The molecule has 2 fully saturated rings. The van der Waals surface area contributed by atoms with Crippen molar-refractivity contribution in [3.63, 3.8) is 0 Å². The molecule has 35 heavy (non-hydrogen) atoms. The second-order valence-corrected chi connectivity index (χ2v) is 12.5. The van der Waals surface area contributed by atoms with Crippen LogP contribution >= 0.6 is 11.3 Å². The topological polar surface area (TPSA) is 109 Å². The Hall–Kier alpha value is -1.61. The average molecular weight is 508 g/mol. The number of cyclic esters (lactones) is 1. The summed E-state index contributed by atoms with van der Waals surface area (Å²) in [5, 5.41) is 22.7. The third-order valence-electron chi connectivity index (χ3n) is 7.92. The standard InChI is InChI=1S/C27H41NO6S/c1-15-9-8-10-27(7)22(34-27)12-20(16(2)11-19-14-28-18(4)35-19)33-23(30)13-21(29)26(5,6)25(32)17(3)24(15)31/h11,14-15,17,20-22,24,29,31H,8-10,12-13H2,1-7H3/b16-11+. The summed E-state index contributed by atoms with van der Waals surface area (Å²) in [6, 6.07) is 0. The van der Waals surface area contributed by atoms with Crippen molar-refractivity contribution in [1.82, 2.24) is 4.98 Å². The van der Waals surface area contributed by atoms with Gasteiger partial charge >= 0.3 is 5.97 Å².